The highest BCUT2D eigenvalue weighted by molar-refractivity contribution is 6.10. The van der Waals surface area contributed by atoms with Crippen LogP contribution in [0, 0.1) is 0 Å². The van der Waals surface area contributed by atoms with Crippen LogP contribution in [0.15, 0.2) is 199 Å². The van der Waals surface area contributed by atoms with E-state index in [0.717, 1.165) is 72.3 Å². The number of nitrogens with zero attached hydrogens (tertiary/aromatic N) is 2. The SMILES string of the molecule is CC1(C)c2ccccc2-c2cc(-c3ccc(-c4cc(-c5cc(-c6ccccc6)nc(-c6ccccc6)n5)cc(-c5cccc6c5oc5ccccc56)c4)cc3)ccc21. The van der Waals surface area contributed by atoms with Crippen LogP contribution >= 0.6 is 0 Å². The molecule has 11 rings (SSSR count). The zero-order valence-corrected chi connectivity index (χ0v) is 32.3. The minimum absolute atomic E-state index is 0.0167. The van der Waals surface area contributed by atoms with Gasteiger partial charge in [-0.05, 0) is 86.5 Å². The molecule has 0 saturated heterocycles. The van der Waals surface area contributed by atoms with Gasteiger partial charge in [-0.15, -0.1) is 0 Å². The highest BCUT2D eigenvalue weighted by atomic mass is 16.3. The van der Waals surface area contributed by atoms with Gasteiger partial charge < -0.3 is 4.42 Å². The van der Waals surface area contributed by atoms with Gasteiger partial charge in [0.25, 0.3) is 0 Å². The van der Waals surface area contributed by atoms with Crippen molar-refractivity contribution in [1.82, 2.24) is 9.97 Å². The van der Waals surface area contributed by atoms with Gasteiger partial charge in [0.2, 0.25) is 0 Å². The number of aromatic nitrogens is 2. The molecule has 0 N–H and O–H groups in total. The molecule has 3 heteroatoms. The van der Waals surface area contributed by atoms with E-state index in [1.54, 1.807) is 0 Å². The van der Waals surface area contributed by atoms with Crippen molar-refractivity contribution < 1.29 is 4.42 Å². The van der Waals surface area contributed by atoms with E-state index in [4.69, 9.17) is 14.4 Å². The first-order valence-electron chi connectivity index (χ1n) is 19.9. The summed E-state index contributed by atoms with van der Waals surface area (Å²) in [5.41, 5.74) is 18.6. The second-order valence-electron chi connectivity index (χ2n) is 15.8. The fourth-order valence-electron chi connectivity index (χ4n) is 8.90. The number of fused-ring (bicyclic) bond motifs is 6. The van der Waals surface area contributed by atoms with Gasteiger partial charge >= 0.3 is 0 Å². The van der Waals surface area contributed by atoms with Crippen molar-refractivity contribution >= 4 is 21.9 Å². The number of benzene rings is 8. The lowest BCUT2D eigenvalue weighted by atomic mass is 9.82. The van der Waals surface area contributed by atoms with E-state index < -0.39 is 0 Å². The molecule has 3 nitrogen and oxygen atoms in total. The molecule has 0 bridgehead atoms. The van der Waals surface area contributed by atoms with Crippen molar-refractivity contribution in [1.29, 1.82) is 0 Å². The molecule has 0 fully saturated rings. The van der Waals surface area contributed by atoms with Gasteiger partial charge in [0.05, 0.1) is 11.4 Å². The average Bonchev–Trinajstić information content (AvgIpc) is 3.78. The van der Waals surface area contributed by atoms with E-state index in [9.17, 15) is 0 Å². The Morgan fingerprint density at radius 1 is 0.362 bits per heavy atom. The van der Waals surface area contributed by atoms with Crippen LogP contribution in [0.4, 0.5) is 0 Å². The monoisotopic (exact) mass is 742 g/mol. The fraction of sp³-hybridized carbons (Fsp3) is 0.0545. The second kappa shape index (κ2) is 13.4. The van der Waals surface area contributed by atoms with E-state index in [1.165, 1.54) is 33.4 Å². The molecule has 0 spiro atoms. The molecule has 0 unspecified atom stereocenters. The molecule has 58 heavy (non-hydrogen) atoms. The first-order valence-corrected chi connectivity index (χ1v) is 19.9. The number of hydrogen-bond acceptors (Lipinski definition) is 3. The molecule has 10 aromatic rings. The first-order chi connectivity index (χ1) is 28.5. The Balaban J connectivity index is 1.07. The van der Waals surface area contributed by atoms with Gasteiger partial charge in [0.15, 0.2) is 5.82 Å². The first kappa shape index (κ1) is 33.9. The predicted molar refractivity (Wildman–Crippen MR) is 239 cm³/mol. The van der Waals surface area contributed by atoms with Crippen LogP contribution in [0.3, 0.4) is 0 Å². The van der Waals surface area contributed by atoms with Crippen molar-refractivity contribution in [3.63, 3.8) is 0 Å². The topological polar surface area (TPSA) is 38.9 Å². The van der Waals surface area contributed by atoms with E-state index in [-0.39, 0.29) is 5.41 Å². The summed E-state index contributed by atoms with van der Waals surface area (Å²) in [5, 5.41) is 2.21. The molecular formula is C55H38N2O. The zero-order chi connectivity index (χ0) is 38.8. The highest BCUT2D eigenvalue weighted by Crippen LogP contribution is 2.49. The summed E-state index contributed by atoms with van der Waals surface area (Å²) in [6, 6.07) is 69.0. The summed E-state index contributed by atoms with van der Waals surface area (Å²) in [6.45, 7) is 4.66. The third-order valence-electron chi connectivity index (χ3n) is 11.9. The summed E-state index contributed by atoms with van der Waals surface area (Å²) < 4.78 is 6.59. The molecule has 1 aliphatic carbocycles. The lowest BCUT2D eigenvalue weighted by molar-refractivity contribution is 0.660. The Morgan fingerprint density at radius 2 is 0.931 bits per heavy atom. The molecule has 0 radical (unpaired) electrons. The molecule has 1 aliphatic rings. The molecule has 8 aromatic carbocycles. The molecule has 2 aromatic heterocycles. The van der Waals surface area contributed by atoms with Crippen molar-refractivity contribution in [3.8, 4) is 78.4 Å². The predicted octanol–water partition coefficient (Wildman–Crippen LogP) is 14.7. The maximum Gasteiger partial charge on any atom is 0.160 e. The van der Waals surface area contributed by atoms with E-state index >= 15 is 0 Å². The minimum atomic E-state index is -0.0167. The fourth-order valence-corrected chi connectivity index (χ4v) is 8.90. The minimum Gasteiger partial charge on any atom is -0.455 e. The van der Waals surface area contributed by atoms with Crippen molar-refractivity contribution in [3.05, 3.63) is 205 Å². The normalized spacial score (nSPS) is 12.8. The summed E-state index contributed by atoms with van der Waals surface area (Å²) in [4.78, 5) is 10.3. The van der Waals surface area contributed by atoms with Gasteiger partial charge in [-0.3, -0.25) is 0 Å². The van der Waals surface area contributed by atoms with E-state index in [1.807, 2.05) is 36.4 Å². The van der Waals surface area contributed by atoms with Crippen LogP contribution in [0.25, 0.3) is 100 Å². The number of para-hydroxylation sites is 2. The van der Waals surface area contributed by atoms with E-state index in [2.05, 4.69) is 172 Å². The number of rotatable bonds is 6. The van der Waals surface area contributed by atoms with Crippen LogP contribution in [-0.4, -0.2) is 9.97 Å². The smallest absolute Gasteiger partial charge is 0.160 e. The van der Waals surface area contributed by atoms with Crippen LogP contribution < -0.4 is 0 Å². The average molecular weight is 743 g/mol. The molecule has 0 aliphatic heterocycles. The second-order valence-corrected chi connectivity index (χ2v) is 15.8. The van der Waals surface area contributed by atoms with Gasteiger partial charge in [-0.25, -0.2) is 9.97 Å². The Labute approximate surface area is 338 Å². The van der Waals surface area contributed by atoms with Gasteiger partial charge in [0.1, 0.15) is 11.2 Å². The maximum atomic E-state index is 6.59. The summed E-state index contributed by atoms with van der Waals surface area (Å²) in [7, 11) is 0. The number of furan rings is 1. The van der Waals surface area contributed by atoms with Crippen molar-refractivity contribution in [2.45, 2.75) is 19.3 Å². The molecular weight excluding hydrogens is 705 g/mol. The Bertz CT molecular complexity index is 3120. The van der Waals surface area contributed by atoms with Crippen LogP contribution in [-0.2, 0) is 5.41 Å². The third kappa shape index (κ3) is 5.66. The summed E-state index contributed by atoms with van der Waals surface area (Å²) in [5.74, 6) is 0.688. The molecule has 0 saturated carbocycles. The molecule has 2 heterocycles. The van der Waals surface area contributed by atoms with Gasteiger partial charge in [-0.2, -0.15) is 0 Å². The Kier molecular flexibility index (Phi) is 7.84. The lowest BCUT2D eigenvalue weighted by Gasteiger charge is -2.21. The molecule has 274 valence electrons. The van der Waals surface area contributed by atoms with Gasteiger partial charge in [-0.1, -0.05) is 172 Å². The van der Waals surface area contributed by atoms with Crippen molar-refractivity contribution in [2.24, 2.45) is 0 Å². The lowest BCUT2D eigenvalue weighted by Crippen LogP contribution is -2.14. The standard InChI is InChI=1S/C55H38N2O/c1-55(2)48-22-11-9-18-44(48)47-33-39(28-29-49(47)55)35-24-26-36(27-25-35)40-30-41(43-20-13-21-46-45-19-10-12-23-52(45)58-53(43)46)32-42(31-40)51-34-50(37-14-5-3-6-15-37)56-54(57-51)38-16-7-4-8-17-38/h3-34H,1-2H3. The largest absolute Gasteiger partial charge is 0.455 e. The van der Waals surface area contributed by atoms with Crippen molar-refractivity contribution in [2.75, 3.05) is 0 Å². The summed E-state index contributed by atoms with van der Waals surface area (Å²) in [6.07, 6.45) is 0. The van der Waals surface area contributed by atoms with E-state index in [0.29, 0.717) is 5.82 Å². The van der Waals surface area contributed by atoms with Crippen LogP contribution in [0.1, 0.15) is 25.0 Å². The van der Waals surface area contributed by atoms with Crippen LogP contribution in [0.2, 0.25) is 0 Å². The Morgan fingerprint density at radius 3 is 1.72 bits per heavy atom. The molecule has 0 atom stereocenters. The zero-order valence-electron chi connectivity index (χ0n) is 32.3. The summed E-state index contributed by atoms with van der Waals surface area (Å²) >= 11 is 0. The van der Waals surface area contributed by atoms with Crippen LogP contribution in [0.5, 0.6) is 0 Å². The van der Waals surface area contributed by atoms with Gasteiger partial charge in [0, 0.05) is 38.4 Å². The number of hydrogen-bond donors (Lipinski definition) is 0. The maximum absolute atomic E-state index is 6.59. The Hall–Kier alpha value is -7.36. The third-order valence-corrected chi connectivity index (χ3v) is 11.9. The molecule has 0 amide bonds. The highest BCUT2D eigenvalue weighted by Gasteiger charge is 2.35. The quantitative estimate of drug-likeness (QED) is 0.170.